The van der Waals surface area contributed by atoms with E-state index >= 15 is 0 Å². The molecular formula is C17H24N6O2S. The maximum atomic E-state index is 12.4. The summed E-state index contributed by atoms with van der Waals surface area (Å²) in [7, 11) is 0. The smallest absolute Gasteiger partial charge is 0.324 e. The van der Waals surface area contributed by atoms with Crippen LogP contribution in [0.4, 0.5) is 4.79 Å². The molecule has 1 aliphatic heterocycles. The number of aryl methyl sites for hydroxylation is 2. The lowest BCUT2D eigenvalue weighted by Crippen LogP contribution is -2.38. The molecule has 8 nitrogen and oxygen atoms in total. The molecular weight excluding hydrogens is 352 g/mol. The molecule has 1 atom stereocenters. The highest BCUT2D eigenvalue weighted by atomic mass is 32.2. The highest BCUT2D eigenvalue weighted by molar-refractivity contribution is 8.00. The Morgan fingerprint density at radius 1 is 1.35 bits per heavy atom. The number of hydrogen-bond donors (Lipinski definition) is 1. The standard InChI is InChI=1S/C17H24N6O2S/c1-5-6-7-13-10(2)19-15-20-16(21-23(15)11(13)3)26-12(4)14(24)22-9-8-18-17(22)25/h12H,5-9H2,1-4H3,(H,18,25)/t12-/m0/s1. The van der Waals surface area contributed by atoms with E-state index in [9.17, 15) is 9.59 Å². The number of hydrogen-bond acceptors (Lipinski definition) is 6. The van der Waals surface area contributed by atoms with Crippen LogP contribution in [0.1, 0.15) is 43.6 Å². The van der Waals surface area contributed by atoms with Crippen LogP contribution in [-0.2, 0) is 11.2 Å². The third-order valence-electron chi connectivity index (χ3n) is 4.56. The zero-order valence-electron chi connectivity index (χ0n) is 15.6. The van der Waals surface area contributed by atoms with Crippen molar-refractivity contribution in [3.63, 3.8) is 0 Å². The molecule has 0 radical (unpaired) electrons. The van der Waals surface area contributed by atoms with Gasteiger partial charge in [-0.2, -0.15) is 4.98 Å². The number of urea groups is 1. The number of imide groups is 1. The Bertz CT molecular complexity index is 849. The summed E-state index contributed by atoms with van der Waals surface area (Å²) in [5.74, 6) is 0.315. The number of thioether (sulfide) groups is 1. The predicted octanol–water partition coefficient (Wildman–Crippen LogP) is 2.12. The summed E-state index contributed by atoms with van der Waals surface area (Å²) in [6, 6.07) is -0.334. The highest BCUT2D eigenvalue weighted by Crippen LogP contribution is 2.24. The molecule has 3 amide bonds. The van der Waals surface area contributed by atoms with E-state index in [1.165, 1.54) is 22.2 Å². The number of rotatable bonds is 6. The van der Waals surface area contributed by atoms with Gasteiger partial charge in [0.15, 0.2) is 0 Å². The van der Waals surface area contributed by atoms with E-state index in [1.54, 1.807) is 11.4 Å². The number of carbonyl (C=O) groups excluding carboxylic acids is 2. The number of nitrogens with zero attached hydrogens (tertiary/aromatic N) is 5. The van der Waals surface area contributed by atoms with Gasteiger partial charge in [0.2, 0.25) is 11.1 Å². The van der Waals surface area contributed by atoms with Gasteiger partial charge in [0.25, 0.3) is 5.78 Å². The van der Waals surface area contributed by atoms with Gasteiger partial charge in [-0.15, -0.1) is 5.10 Å². The van der Waals surface area contributed by atoms with Crippen LogP contribution < -0.4 is 5.32 Å². The first-order valence-corrected chi connectivity index (χ1v) is 9.79. The SMILES string of the molecule is CCCCc1c(C)nc2nc(S[C@@H](C)C(=O)N3CCNC3=O)nn2c1C. The molecule has 26 heavy (non-hydrogen) atoms. The quantitative estimate of drug-likeness (QED) is 0.776. The first-order valence-electron chi connectivity index (χ1n) is 8.91. The largest absolute Gasteiger partial charge is 0.336 e. The molecule has 0 aromatic carbocycles. The van der Waals surface area contributed by atoms with E-state index in [2.05, 4.69) is 27.3 Å². The van der Waals surface area contributed by atoms with E-state index in [1.807, 2.05) is 13.8 Å². The van der Waals surface area contributed by atoms with Crippen molar-refractivity contribution >= 4 is 29.5 Å². The van der Waals surface area contributed by atoms with Gasteiger partial charge in [-0.1, -0.05) is 25.1 Å². The molecule has 0 bridgehead atoms. The van der Waals surface area contributed by atoms with Gasteiger partial charge in [-0.05, 0) is 39.2 Å². The summed E-state index contributed by atoms with van der Waals surface area (Å²) >= 11 is 1.25. The lowest BCUT2D eigenvalue weighted by Gasteiger charge is -2.15. The zero-order chi connectivity index (χ0) is 18.8. The summed E-state index contributed by atoms with van der Waals surface area (Å²) in [6.45, 7) is 8.86. The monoisotopic (exact) mass is 376 g/mol. The van der Waals surface area contributed by atoms with Gasteiger partial charge in [0, 0.05) is 24.5 Å². The Labute approximate surface area is 156 Å². The average molecular weight is 376 g/mol. The van der Waals surface area contributed by atoms with E-state index in [-0.39, 0.29) is 11.9 Å². The second-order valence-electron chi connectivity index (χ2n) is 6.45. The Hall–Kier alpha value is -2.16. The molecule has 2 aromatic heterocycles. The Balaban J connectivity index is 1.81. The molecule has 2 aromatic rings. The second-order valence-corrected chi connectivity index (χ2v) is 7.76. The molecule has 140 valence electrons. The lowest BCUT2D eigenvalue weighted by molar-refractivity contribution is -0.126. The third-order valence-corrected chi connectivity index (χ3v) is 5.50. The summed E-state index contributed by atoms with van der Waals surface area (Å²) in [5.41, 5.74) is 3.22. The fourth-order valence-corrected chi connectivity index (χ4v) is 3.87. The summed E-state index contributed by atoms with van der Waals surface area (Å²) in [5, 5.41) is 7.21. The van der Waals surface area contributed by atoms with Crippen molar-refractivity contribution < 1.29 is 9.59 Å². The number of unbranched alkanes of at least 4 members (excludes halogenated alkanes) is 1. The molecule has 3 rings (SSSR count). The minimum atomic E-state index is -0.447. The molecule has 3 heterocycles. The number of amides is 3. The van der Waals surface area contributed by atoms with Gasteiger partial charge < -0.3 is 5.32 Å². The first-order chi connectivity index (χ1) is 12.4. The number of nitrogens with one attached hydrogen (secondary N) is 1. The summed E-state index contributed by atoms with van der Waals surface area (Å²) in [4.78, 5) is 34.4. The highest BCUT2D eigenvalue weighted by Gasteiger charge is 2.31. The van der Waals surface area contributed by atoms with Gasteiger partial charge in [-0.25, -0.2) is 14.3 Å². The van der Waals surface area contributed by atoms with E-state index in [0.29, 0.717) is 24.0 Å². The van der Waals surface area contributed by atoms with Crippen molar-refractivity contribution in [2.45, 2.75) is 57.4 Å². The Morgan fingerprint density at radius 2 is 2.12 bits per heavy atom. The fraction of sp³-hybridized carbons (Fsp3) is 0.588. The zero-order valence-corrected chi connectivity index (χ0v) is 16.4. The van der Waals surface area contributed by atoms with Crippen LogP contribution in [0, 0.1) is 13.8 Å². The van der Waals surface area contributed by atoms with Crippen LogP contribution in [0.5, 0.6) is 0 Å². The van der Waals surface area contributed by atoms with Gasteiger partial charge in [0.1, 0.15) is 0 Å². The topological polar surface area (TPSA) is 92.5 Å². The van der Waals surface area contributed by atoms with Crippen molar-refractivity contribution in [3.8, 4) is 0 Å². The maximum Gasteiger partial charge on any atom is 0.324 e. The molecule has 0 saturated carbocycles. The maximum absolute atomic E-state index is 12.4. The van der Waals surface area contributed by atoms with Crippen LogP contribution in [0.15, 0.2) is 5.16 Å². The second kappa shape index (κ2) is 7.61. The Morgan fingerprint density at radius 3 is 2.77 bits per heavy atom. The fourth-order valence-electron chi connectivity index (χ4n) is 3.07. The minimum Gasteiger partial charge on any atom is -0.336 e. The van der Waals surface area contributed by atoms with Gasteiger partial charge >= 0.3 is 6.03 Å². The molecule has 9 heteroatoms. The van der Waals surface area contributed by atoms with Crippen molar-refractivity contribution in [1.82, 2.24) is 29.8 Å². The minimum absolute atomic E-state index is 0.228. The first kappa shape index (κ1) is 18.6. The summed E-state index contributed by atoms with van der Waals surface area (Å²) < 4.78 is 1.75. The van der Waals surface area contributed by atoms with E-state index < -0.39 is 5.25 Å². The average Bonchev–Trinajstić information content (AvgIpc) is 3.20. The van der Waals surface area contributed by atoms with Crippen molar-refractivity contribution in [1.29, 1.82) is 0 Å². The molecule has 1 N–H and O–H groups in total. The normalized spacial score (nSPS) is 15.5. The molecule has 0 spiro atoms. The Kier molecular flexibility index (Phi) is 5.45. The lowest BCUT2D eigenvalue weighted by atomic mass is 10.1. The molecule has 0 aliphatic carbocycles. The van der Waals surface area contributed by atoms with Gasteiger partial charge in [-0.3, -0.25) is 9.69 Å². The molecule has 1 saturated heterocycles. The van der Waals surface area contributed by atoms with Crippen molar-refractivity contribution in [2.75, 3.05) is 13.1 Å². The van der Waals surface area contributed by atoms with Crippen LogP contribution in [0.2, 0.25) is 0 Å². The van der Waals surface area contributed by atoms with E-state index in [4.69, 9.17) is 0 Å². The van der Waals surface area contributed by atoms with Crippen LogP contribution >= 0.6 is 11.8 Å². The van der Waals surface area contributed by atoms with Crippen molar-refractivity contribution in [3.05, 3.63) is 17.0 Å². The van der Waals surface area contributed by atoms with Crippen molar-refractivity contribution in [2.24, 2.45) is 0 Å². The molecule has 1 aliphatic rings. The predicted molar refractivity (Wildman–Crippen MR) is 99.3 cm³/mol. The molecule has 0 unspecified atom stereocenters. The number of fused-ring (bicyclic) bond motifs is 1. The summed E-state index contributed by atoms with van der Waals surface area (Å²) in [6.07, 6.45) is 3.20. The number of carbonyl (C=O) groups is 2. The van der Waals surface area contributed by atoms with Crippen LogP contribution in [0.25, 0.3) is 5.78 Å². The molecule has 1 fully saturated rings. The van der Waals surface area contributed by atoms with Gasteiger partial charge in [0.05, 0.1) is 5.25 Å². The van der Waals surface area contributed by atoms with E-state index in [0.717, 1.165) is 30.7 Å². The van der Waals surface area contributed by atoms with Crippen LogP contribution in [-0.4, -0.2) is 54.8 Å². The third kappa shape index (κ3) is 3.53. The number of aromatic nitrogens is 4. The van der Waals surface area contributed by atoms with Crippen LogP contribution in [0.3, 0.4) is 0 Å².